The maximum absolute atomic E-state index is 5.89. The molecule has 1 fully saturated rings. The second-order valence-corrected chi connectivity index (χ2v) is 9.68. The summed E-state index contributed by atoms with van der Waals surface area (Å²) in [5.41, 5.74) is 5.45. The molecule has 0 bridgehead atoms. The molecule has 1 aliphatic rings. The largest absolute Gasteiger partial charge is 0.351 e. The number of pyridine rings is 1. The van der Waals surface area contributed by atoms with E-state index in [0.717, 1.165) is 34.1 Å². The molecule has 0 aliphatic carbocycles. The van der Waals surface area contributed by atoms with Crippen molar-refractivity contribution in [2.45, 2.75) is 25.4 Å². The molecule has 0 radical (unpaired) electrons. The first kappa shape index (κ1) is 21.0. The van der Waals surface area contributed by atoms with E-state index < -0.39 is 0 Å². The van der Waals surface area contributed by atoms with Crippen LogP contribution in [-0.2, 0) is 6.42 Å². The number of thiocarbonyl (C=S) groups is 1. The van der Waals surface area contributed by atoms with Crippen LogP contribution in [0.5, 0.6) is 0 Å². The maximum atomic E-state index is 5.89. The van der Waals surface area contributed by atoms with Gasteiger partial charge in [-0.25, -0.2) is 4.98 Å². The number of hydrogen-bond donors (Lipinski definition) is 1. The van der Waals surface area contributed by atoms with Crippen LogP contribution < -0.4 is 10.2 Å². The number of hydrogen-bond acceptors (Lipinski definition) is 4. The second-order valence-electron chi connectivity index (χ2n) is 8.28. The molecule has 5 nitrogen and oxygen atoms in total. The summed E-state index contributed by atoms with van der Waals surface area (Å²) in [5.74, 6) is 0. The normalized spacial score (nSPS) is 17.9. The van der Waals surface area contributed by atoms with E-state index >= 15 is 0 Å². The summed E-state index contributed by atoms with van der Waals surface area (Å²) in [7, 11) is 0. The van der Waals surface area contributed by atoms with E-state index in [-0.39, 0.29) is 12.1 Å². The first-order chi connectivity index (χ1) is 16.7. The zero-order valence-corrected chi connectivity index (χ0v) is 20.3. The number of rotatable bonds is 5. The molecule has 4 heterocycles. The Bertz CT molecular complexity index is 1420. The minimum absolute atomic E-state index is 0.0862. The first-order valence-corrected chi connectivity index (χ1v) is 12.6. The molecule has 0 spiro atoms. The molecule has 1 aliphatic heterocycles. The van der Waals surface area contributed by atoms with E-state index in [1.54, 1.807) is 11.3 Å². The van der Waals surface area contributed by atoms with Crippen LogP contribution in [-0.4, -0.2) is 19.6 Å². The van der Waals surface area contributed by atoms with Crippen LogP contribution in [0.3, 0.4) is 0 Å². The molecule has 6 rings (SSSR count). The number of aromatic nitrogens is 3. The van der Waals surface area contributed by atoms with E-state index in [2.05, 4.69) is 93.6 Å². The van der Waals surface area contributed by atoms with Gasteiger partial charge in [-0.3, -0.25) is 9.55 Å². The van der Waals surface area contributed by atoms with Crippen molar-refractivity contribution >= 4 is 44.6 Å². The van der Waals surface area contributed by atoms with E-state index in [1.165, 1.54) is 10.3 Å². The summed E-state index contributed by atoms with van der Waals surface area (Å²) in [5, 5.41) is 5.20. The summed E-state index contributed by atoms with van der Waals surface area (Å²) in [6.07, 6.45) is 4.92. The van der Waals surface area contributed by atoms with Gasteiger partial charge < -0.3 is 10.2 Å². The molecule has 34 heavy (non-hydrogen) atoms. The molecule has 1 N–H and O–H groups in total. The average Bonchev–Trinajstić information content (AvgIpc) is 3.60. The van der Waals surface area contributed by atoms with Crippen LogP contribution in [0.15, 0.2) is 91.3 Å². The van der Waals surface area contributed by atoms with Crippen LogP contribution in [0, 0.1) is 0 Å². The Labute approximate surface area is 207 Å². The van der Waals surface area contributed by atoms with Crippen molar-refractivity contribution in [3.63, 3.8) is 0 Å². The number of fused-ring (bicyclic) bond motifs is 1. The van der Waals surface area contributed by atoms with Gasteiger partial charge in [-0.05, 0) is 72.7 Å². The number of aryl methyl sites for hydroxylation is 1. The third-order valence-electron chi connectivity index (χ3n) is 6.29. The van der Waals surface area contributed by atoms with Crippen molar-refractivity contribution in [1.29, 1.82) is 0 Å². The zero-order valence-electron chi connectivity index (χ0n) is 18.6. The van der Waals surface area contributed by atoms with E-state index in [9.17, 15) is 0 Å². The Morgan fingerprint density at radius 1 is 0.971 bits per heavy atom. The Morgan fingerprint density at radius 3 is 2.56 bits per heavy atom. The smallest absolute Gasteiger partial charge is 0.194 e. The number of nitrogens with zero attached hydrogens (tertiary/aromatic N) is 4. The second kappa shape index (κ2) is 8.66. The number of anilines is 1. The van der Waals surface area contributed by atoms with Gasteiger partial charge in [0.15, 0.2) is 10.2 Å². The summed E-state index contributed by atoms with van der Waals surface area (Å²) in [6.45, 7) is 2.17. The number of benzene rings is 2. The minimum atomic E-state index is -0.0948. The lowest BCUT2D eigenvalue weighted by Crippen LogP contribution is -2.30. The van der Waals surface area contributed by atoms with Crippen LogP contribution >= 0.6 is 23.6 Å². The van der Waals surface area contributed by atoms with Crippen molar-refractivity contribution in [3.05, 3.63) is 108 Å². The van der Waals surface area contributed by atoms with Crippen LogP contribution in [0.2, 0.25) is 0 Å². The van der Waals surface area contributed by atoms with Crippen molar-refractivity contribution in [2.75, 3.05) is 4.90 Å². The Hall–Kier alpha value is -3.55. The quantitative estimate of drug-likeness (QED) is 0.302. The van der Waals surface area contributed by atoms with Gasteiger partial charge in [-0.15, -0.1) is 0 Å². The van der Waals surface area contributed by atoms with Crippen molar-refractivity contribution in [3.8, 4) is 5.13 Å². The summed E-state index contributed by atoms with van der Waals surface area (Å²) in [6, 6.07) is 27.0. The SMILES string of the molecule is CCc1ccc(N2C(=S)N[C@H](c3ccccn3)[C@@H]2c2cccn2-c2nc3ccccc3s2)cc1. The molecule has 1 saturated heterocycles. The molecule has 5 aromatic rings. The summed E-state index contributed by atoms with van der Waals surface area (Å²) >= 11 is 7.58. The van der Waals surface area contributed by atoms with E-state index in [1.807, 2.05) is 24.4 Å². The number of para-hydroxylation sites is 1. The highest BCUT2D eigenvalue weighted by molar-refractivity contribution is 7.80. The number of thiazole rings is 1. The van der Waals surface area contributed by atoms with Gasteiger partial charge in [0.25, 0.3) is 0 Å². The fourth-order valence-corrected chi connectivity index (χ4v) is 5.91. The predicted octanol–water partition coefficient (Wildman–Crippen LogP) is 6.22. The summed E-state index contributed by atoms with van der Waals surface area (Å²) < 4.78 is 3.36. The molecular weight excluding hydrogens is 458 g/mol. The fourth-order valence-electron chi connectivity index (χ4n) is 4.60. The third kappa shape index (κ3) is 3.57. The Morgan fingerprint density at radius 2 is 1.79 bits per heavy atom. The highest BCUT2D eigenvalue weighted by Gasteiger charge is 2.42. The Kier molecular flexibility index (Phi) is 5.36. The topological polar surface area (TPSA) is 46.0 Å². The lowest BCUT2D eigenvalue weighted by molar-refractivity contribution is 0.549. The van der Waals surface area contributed by atoms with E-state index in [4.69, 9.17) is 17.2 Å². The summed E-state index contributed by atoms with van der Waals surface area (Å²) in [4.78, 5) is 11.8. The molecule has 0 amide bonds. The van der Waals surface area contributed by atoms with Gasteiger partial charge in [0, 0.05) is 18.1 Å². The molecule has 0 unspecified atom stereocenters. The van der Waals surface area contributed by atoms with E-state index in [0.29, 0.717) is 5.11 Å². The molecule has 0 saturated carbocycles. The lowest BCUT2D eigenvalue weighted by atomic mass is 10.0. The fraction of sp³-hybridized carbons (Fsp3) is 0.148. The average molecular weight is 482 g/mol. The van der Waals surface area contributed by atoms with Gasteiger partial charge in [-0.2, -0.15) is 0 Å². The highest BCUT2D eigenvalue weighted by Crippen LogP contribution is 2.42. The maximum Gasteiger partial charge on any atom is 0.194 e. The molecule has 7 heteroatoms. The van der Waals surface area contributed by atoms with Crippen molar-refractivity contribution < 1.29 is 0 Å². The van der Waals surface area contributed by atoms with Gasteiger partial charge >= 0.3 is 0 Å². The molecule has 168 valence electrons. The first-order valence-electron chi connectivity index (χ1n) is 11.4. The van der Waals surface area contributed by atoms with Gasteiger partial charge in [-0.1, -0.05) is 48.6 Å². The van der Waals surface area contributed by atoms with Crippen molar-refractivity contribution in [1.82, 2.24) is 19.9 Å². The predicted molar refractivity (Wildman–Crippen MR) is 143 cm³/mol. The monoisotopic (exact) mass is 481 g/mol. The molecule has 3 aromatic heterocycles. The van der Waals surface area contributed by atoms with Crippen molar-refractivity contribution in [2.24, 2.45) is 0 Å². The molecular formula is C27H23N5S2. The Balaban J connectivity index is 1.50. The van der Waals surface area contributed by atoms with Gasteiger partial charge in [0.1, 0.15) is 6.04 Å². The van der Waals surface area contributed by atoms with Crippen LogP contribution in [0.25, 0.3) is 15.3 Å². The zero-order chi connectivity index (χ0) is 23.1. The van der Waals surface area contributed by atoms with Crippen LogP contribution in [0.4, 0.5) is 5.69 Å². The standard InChI is InChI=1S/C27H23N5S2/c1-2-18-12-14-19(15-13-18)32-25(24(30-26(32)33)21-9-5-6-16-28-21)22-10-7-17-31(22)27-29-20-8-3-4-11-23(20)34-27/h3-17,24-25H,2H2,1H3,(H,30,33)/t24-,25+/m1/s1. The molecule has 2 atom stereocenters. The lowest BCUT2D eigenvalue weighted by Gasteiger charge is -2.28. The highest BCUT2D eigenvalue weighted by atomic mass is 32.1. The minimum Gasteiger partial charge on any atom is -0.351 e. The van der Waals surface area contributed by atoms with Crippen LogP contribution in [0.1, 0.15) is 36.0 Å². The third-order valence-corrected chi connectivity index (χ3v) is 7.64. The van der Waals surface area contributed by atoms with Gasteiger partial charge in [0.05, 0.1) is 27.6 Å². The molecule has 2 aromatic carbocycles. The van der Waals surface area contributed by atoms with Gasteiger partial charge in [0.2, 0.25) is 0 Å². The number of nitrogens with one attached hydrogen (secondary N) is 1.